The van der Waals surface area contributed by atoms with Crippen LogP contribution in [0, 0.1) is 0 Å². The third-order valence-corrected chi connectivity index (χ3v) is 5.75. The van der Waals surface area contributed by atoms with Crippen molar-refractivity contribution in [3.05, 3.63) is 66.0 Å². The Morgan fingerprint density at radius 3 is 2.47 bits per heavy atom. The summed E-state index contributed by atoms with van der Waals surface area (Å²) in [5, 5.41) is 0.459. The van der Waals surface area contributed by atoms with E-state index in [1.165, 1.54) is 0 Å². The summed E-state index contributed by atoms with van der Waals surface area (Å²) in [7, 11) is 0. The van der Waals surface area contributed by atoms with Gasteiger partial charge in [-0.05, 0) is 17.7 Å². The molecular weight excluding hydrogens is 419 g/mol. The minimum atomic E-state index is -4.21. The highest BCUT2D eigenvalue weighted by molar-refractivity contribution is 6.58. The van der Waals surface area contributed by atoms with Gasteiger partial charge in [-0.2, -0.15) is 0 Å². The molecule has 0 unspecified atom stereocenters. The topological polar surface area (TPSA) is 71.6 Å². The van der Waals surface area contributed by atoms with Gasteiger partial charge in [0.15, 0.2) is 5.70 Å². The lowest BCUT2D eigenvalue weighted by Crippen LogP contribution is -2.50. The predicted molar refractivity (Wildman–Crippen MR) is 112 cm³/mol. The van der Waals surface area contributed by atoms with E-state index in [4.69, 9.17) is 4.84 Å². The van der Waals surface area contributed by atoms with E-state index in [0.29, 0.717) is 27.7 Å². The molecule has 2 amide bonds. The van der Waals surface area contributed by atoms with Gasteiger partial charge in [0.25, 0.3) is 11.8 Å². The number of hydrogen-bond donors (Lipinski definition) is 0. The SMILES string of the molecule is O=C(CCC1=[N+]2C(=Cc3ccc(-c4ccccc4)n3[B-]2(F)F)C=C1)ON1C(=O)CCC1=O. The minimum Gasteiger partial charge on any atom is -0.390 e. The number of rotatable bonds is 5. The lowest BCUT2D eigenvalue weighted by Gasteiger charge is -2.30. The highest BCUT2D eigenvalue weighted by Gasteiger charge is 2.52. The number of carbonyl (C=O) groups is 3. The first-order valence-electron chi connectivity index (χ1n) is 10.3. The van der Waals surface area contributed by atoms with Crippen molar-refractivity contribution in [1.82, 2.24) is 9.54 Å². The van der Waals surface area contributed by atoms with Crippen molar-refractivity contribution in [2.75, 3.05) is 0 Å². The Morgan fingerprint density at radius 2 is 1.75 bits per heavy atom. The number of benzene rings is 1. The van der Waals surface area contributed by atoms with Gasteiger partial charge in [0.1, 0.15) is 5.71 Å². The van der Waals surface area contributed by atoms with Crippen molar-refractivity contribution in [3.8, 4) is 11.3 Å². The Hall–Kier alpha value is -3.82. The zero-order valence-corrected chi connectivity index (χ0v) is 16.9. The molecule has 0 spiro atoms. The van der Waals surface area contributed by atoms with Crippen LogP contribution in [0.2, 0.25) is 0 Å². The molecule has 0 saturated carbocycles. The zero-order valence-electron chi connectivity index (χ0n) is 16.9. The predicted octanol–water partition coefficient (Wildman–Crippen LogP) is 3.14. The van der Waals surface area contributed by atoms with Crippen LogP contribution in [0.3, 0.4) is 0 Å². The summed E-state index contributed by atoms with van der Waals surface area (Å²) in [6.07, 6.45) is 4.51. The third kappa shape index (κ3) is 3.19. The third-order valence-electron chi connectivity index (χ3n) is 5.75. The fourth-order valence-electron chi connectivity index (χ4n) is 4.28. The normalized spacial score (nSPS) is 18.7. The molecule has 1 aromatic heterocycles. The molecular formula is C22H18BF2N3O4. The number of imide groups is 1. The van der Waals surface area contributed by atoms with Gasteiger partial charge < -0.3 is 22.4 Å². The summed E-state index contributed by atoms with van der Waals surface area (Å²) >= 11 is 0. The summed E-state index contributed by atoms with van der Waals surface area (Å²) < 4.78 is 33.5. The second kappa shape index (κ2) is 7.40. The molecule has 1 aromatic carbocycles. The monoisotopic (exact) mass is 437 g/mol. The number of halogens is 2. The molecule has 0 aliphatic carbocycles. The number of hydrogen-bond acceptors (Lipinski definition) is 4. The van der Waals surface area contributed by atoms with Crippen LogP contribution in [0.15, 0.2) is 60.3 Å². The van der Waals surface area contributed by atoms with Gasteiger partial charge in [-0.25, -0.2) is 4.79 Å². The van der Waals surface area contributed by atoms with Crippen LogP contribution in [-0.2, 0) is 19.2 Å². The Balaban J connectivity index is 1.41. The average molecular weight is 437 g/mol. The van der Waals surface area contributed by atoms with E-state index >= 15 is 8.63 Å². The molecule has 7 nitrogen and oxygen atoms in total. The van der Waals surface area contributed by atoms with Gasteiger partial charge in [0.05, 0.1) is 6.42 Å². The summed E-state index contributed by atoms with van der Waals surface area (Å²) in [5.41, 5.74) is 2.08. The first-order valence-corrected chi connectivity index (χ1v) is 10.3. The van der Waals surface area contributed by atoms with E-state index in [9.17, 15) is 14.4 Å². The number of nitrogens with zero attached hydrogens (tertiary/aromatic N) is 3. The number of fused-ring (bicyclic) bond motifs is 2. The van der Waals surface area contributed by atoms with Crippen LogP contribution in [-0.4, -0.2) is 44.5 Å². The van der Waals surface area contributed by atoms with Gasteiger partial charge in [0.2, 0.25) is 0 Å². The smallest absolute Gasteiger partial charge is 0.390 e. The number of amides is 2. The fourth-order valence-corrected chi connectivity index (χ4v) is 4.28. The van der Waals surface area contributed by atoms with Crippen LogP contribution >= 0.6 is 0 Å². The Kier molecular flexibility index (Phi) is 4.65. The maximum Gasteiger partial charge on any atom is 0.737 e. The fraction of sp³-hybridized carbons (Fsp3) is 0.182. The summed E-state index contributed by atoms with van der Waals surface area (Å²) in [4.78, 5) is 40.2. The molecule has 4 heterocycles. The van der Waals surface area contributed by atoms with E-state index in [0.717, 1.165) is 8.96 Å². The molecule has 3 aliphatic heterocycles. The first kappa shape index (κ1) is 20.1. The second-order valence-electron chi connectivity index (χ2n) is 7.78. The zero-order chi connectivity index (χ0) is 22.5. The highest BCUT2D eigenvalue weighted by Crippen LogP contribution is 2.36. The number of carbonyl (C=O) groups excluding carboxylic acids is 3. The van der Waals surface area contributed by atoms with Gasteiger partial charge in [-0.15, -0.1) is 5.06 Å². The molecule has 3 aliphatic rings. The molecule has 2 aromatic rings. The molecule has 10 heteroatoms. The molecule has 0 N–H and O–H groups in total. The summed E-state index contributed by atoms with van der Waals surface area (Å²) in [6, 6.07) is 12.3. The molecule has 0 bridgehead atoms. The highest BCUT2D eigenvalue weighted by atomic mass is 19.2. The lowest BCUT2D eigenvalue weighted by molar-refractivity contribution is -0.362. The second-order valence-corrected chi connectivity index (χ2v) is 7.78. The van der Waals surface area contributed by atoms with Crippen LogP contribution in [0.25, 0.3) is 17.3 Å². The Morgan fingerprint density at radius 1 is 1.03 bits per heavy atom. The van der Waals surface area contributed by atoms with Crippen molar-refractivity contribution in [2.45, 2.75) is 25.7 Å². The largest absolute Gasteiger partial charge is 0.737 e. The van der Waals surface area contributed by atoms with Crippen molar-refractivity contribution in [1.29, 1.82) is 0 Å². The quantitative estimate of drug-likeness (QED) is 0.533. The summed E-state index contributed by atoms with van der Waals surface area (Å²) in [6.45, 7) is -4.21. The van der Waals surface area contributed by atoms with Crippen LogP contribution in [0.5, 0.6) is 0 Å². The van der Waals surface area contributed by atoms with Crippen molar-refractivity contribution < 1.29 is 32.3 Å². The number of allylic oxidation sites excluding steroid dienone is 2. The van der Waals surface area contributed by atoms with E-state index in [2.05, 4.69) is 0 Å². The van der Waals surface area contributed by atoms with E-state index in [1.54, 1.807) is 54.6 Å². The maximum atomic E-state index is 15.8. The number of aromatic nitrogens is 1. The van der Waals surface area contributed by atoms with Crippen LogP contribution in [0.1, 0.15) is 31.4 Å². The first-order chi connectivity index (χ1) is 15.4. The average Bonchev–Trinajstić information content (AvgIpc) is 3.47. The molecule has 32 heavy (non-hydrogen) atoms. The maximum absolute atomic E-state index is 15.8. The molecule has 0 radical (unpaired) electrons. The van der Waals surface area contributed by atoms with Crippen molar-refractivity contribution >= 4 is 36.5 Å². The van der Waals surface area contributed by atoms with Gasteiger partial charge in [0, 0.05) is 48.9 Å². The van der Waals surface area contributed by atoms with Gasteiger partial charge in [-0.1, -0.05) is 30.3 Å². The molecule has 1 saturated heterocycles. The molecule has 5 rings (SSSR count). The number of hydroxylamine groups is 2. The molecule has 0 atom stereocenters. The van der Waals surface area contributed by atoms with Crippen molar-refractivity contribution in [3.63, 3.8) is 0 Å². The van der Waals surface area contributed by atoms with Crippen molar-refractivity contribution in [2.24, 2.45) is 0 Å². The molecule has 1 fully saturated rings. The molecule has 162 valence electrons. The Labute approximate surface area is 181 Å². The van der Waals surface area contributed by atoms with Gasteiger partial charge in [-0.3, -0.25) is 9.59 Å². The van der Waals surface area contributed by atoms with E-state index in [-0.39, 0.29) is 31.4 Å². The van der Waals surface area contributed by atoms with E-state index < -0.39 is 24.8 Å². The minimum absolute atomic E-state index is 0.00808. The van der Waals surface area contributed by atoms with Crippen LogP contribution in [0.4, 0.5) is 8.63 Å². The lowest BCUT2D eigenvalue weighted by atomic mass is 9.89. The van der Waals surface area contributed by atoms with Gasteiger partial charge >= 0.3 is 12.9 Å². The van der Waals surface area contributed by atoms with E-state index in [1.807, 2.05) is 6.07 Å². The van der Waals surface area contributed by atoms with Crippen LogP contribution < -0.4 is 0 Å². The Bertz CT molecular complexity index is 1230. The standard InChI is InChI=1S/C22H18BF2N3O4/c24-23(25)26-16(9-13-22(31)32-28-20(29)11-12-21(28)30)6-7-17(26)14-18-8-10-19(27(18)23)15-4-2-1-3-5-15/h1-8,10,14H,9,11-13H2. The summed E-state index contributed by atoms with van der Waals surface area (Å²) in [5.74, 6) is -1.99.